The predicted molar refractivity (Wildman–Crippen MR) is 79.3 cm³/mol. The van der Waals surface area contributed by atoms with Crippen LogP contribution < -0.4 is 0 Å². The molecule has 0 aromatic carbocycles. The van der Waals surface area contributed by atoms with E-state index >= 15 is 0 Å². The Morgan fingerprint density at radius 1 is 0.765 bits per heavy atom. The molecule has 0 unspecified atom stereocenters. The lowest BCUT2D eigenvalue weighted by atomic mass is 9.82. The van der Waals surface area contributed by atoms with Crippen LogP contribution in [0.2, 0.25) is 0 Å². The second-order valence-corrected chi connectivity index (χ2v) is 5.54. The molecule has 0 atom stereocenters. The van der Waals surface area contributed by atoms with Crippen LogP contribution in [0.1, 0.15) is 80.1 Å². The molecule has 0 aliphatic rings. The number of nitrogens with zero attached hydrogens (tertiary/aromatic N) is 1. The summed E-state index contributed by atoms with van der Waals surface area (Å²) in [5.41, 5.74) is 0.537. The molecule has 0 spiro atoms. The van der Waals surface area contributed by atoms with Gasteiger partial charge in [0, 0.05) is 6.42 Å². The molecule has 0 radical (unpaired) electrons. The fourth-order valence-electron chi connectivity index (χ4n) is 3.89. The maximum atomic E-state index is 2.41. The largest absolute Gasteiger partial charge is 0.319 e. The van der Waals surface area contributed by atoms with E-state index in [1.165, 1.54) is 62.6 Å². The lowest BCUT2D eigenvalue weighted by molar-refractivity contribution is -0.974. The number of hydrogen-bond donors (Lipinski definition) is 0. The fourth-order valence-corrected chi connectivity index (χ4v) is 3.89. The third-order valence-corrected chi connectivity index (χ3v) is 5.18. The van der Waals surface area contributed by atoms with E-state index in [1.54, 1.807) is 0 Å². The Labute approximate surface area is 110 Å². The molecule has 0 N–H and O–H groups in total. The van der Waals surface area contributed by atoms with E-state index < -0.39 is 0 Å². The van der Waals surface area contributed by atoms with Crippen LogP contribution in [0.25, 0.3) is 0 Å². The highest BCUT2D eigenvalue weighted by Gasteiger charge is 2.44. The zero-order chi connectivity index (χ0) is 13.4. The lowest BCUT2D eigenvalue weighted by Gasteiger charge is -2.53. The molecule has 17 heavy (non-hydrogen) atoms. The summed E-state index contributed by atoms with van der Waals surface area (Å²) in [7, 11) is 0. The Hall–Kier alpha value is -0.0400. The van der Waals surface area contributed by atoms with Gasteiger partial charge in [0.1, 0.15) is 0 Å². The maximum Gasteiger partial charge on any atom is 0.0986 e. The van der Waals surface area contributed by atoms with Gasteiger partial charge in [-0.1, -0.05) is 34.1 Å². The molecule has 0 aromatic heterocycles. The Morgan fingerprint density at radius 3 is 1.59 bits per heavy atom. The molecule has 0 saturated carbocycles. The van der Waals surface area contributed by atoms with Crippen molar-refractivity contribution in [1.29, 1.82) is 0 Å². The van der Waals surface area contributed by atoms with Crippen LogP contribution >= 0.6 is 0 Å². The van der Waals surface area contributed by atoms with Gasteiger partial charge < -0.3 is 4.48 Å². The van der Waals surface area contributed by atoms with Crippen molar-refractivity contribution < 1.29 is 4.48 Å². The average Bonchev–Trinajstić information content (AvgIpc) is 2.38. The minimum atomic E-state index is 0.537. The Morgan fingerprint density at radius 2 is 1.29 bits per heavy atom. The number of quaternary nitrogens is 1. The van der Waals surface area contributed by atoms with E-state index in [0.717, 1.165) is 0 Å². The Balaban J connectivity index is 5.17. The van der Waals surface area contributed by atoms with Gasteiger partial charge in [0.25, 0.3) is 0 Å². The van der Waals surface area contributed by atoms with Crippen LogP contribution in [-0.4, -0.2) is 29.7 Å². The standard InChI is InChI=1S/C16H36N/c1-7-13-14-16(9-3,10-4)17(11-5,12-6)15-8-2/h7-15H2,1-6H3/q+1. The van der Waals surface area contributed by atoms with Crippen molar-refractivity contribution in [3.8, 4) is 0 Å². The van der Waals surface area contributed by atoms with E-state index in [9.17, 15) is 0 Å². The second-order valence-electron chi connectivity index (χ2n) is 5.54. The topological polar surface area (TPSA) is 0 Å². The van der Waals surface area contributed by atoms with Gasteiger partial charge in [0.05, 0.1) is 25.2 Å². The molecule has 1 heteroatoms. The highest BCUT2D eigenvalue weighted by molar-refractivity contribution is 4.79. The normalized spacial score (nSPS) is 13.1. The number of hydrogen-bond acceptors (Lipinski definition) is 0. The zero-order valence-corrected chi connectivity index (χ0v) is 13.3. The Kier molecular flexibility index (Phi) is 8.11. The highest BCUT2D eigenvalue weighted by atomic mass is 15.4. The van der Waals surface area contributed by atoms with Crippen LogP contribution in [0.15, 0.2) is 0 Å². The molecule has 0 saturated heterocycles. The van der Waals surface area contributed by atoms with Gasteiger partial charge in [-0.05, 0) is 39.5 Å². The van der Waals surface area contributed by atoms with E-state index in [-0.39, 0.29) is 0 Å². The first-order valence-corrected chi connectivity index (χ1v) is 7.98. The molecule has 104 valence electrons. The van der Waals surface area contributed by atoms with Crippen molar-refractivity contribution in [2.24, 2.45) is 0 Å². The highest BCUT2D eigenvalue weighted by Crippen LogP contribution is 2.37. The quantitative estimate of drug-likeness (QED) is 0.473. The minimum Gasteiger partial charge on any atom is -0.319 e. The third-order valence-electron chi connectivity index (χ3n) is 5.18. The number of unbranched alkanes of at least 4 members (excludes halogenated alkanes) is 1. The summed E-state index contributed by atoms with van der Waals surface area (Å²) < 4.78 is 1.34. The van der Waals surface area contributed by atoms with E-state index in [1.807, 2.05) is 0 Å². The maximum absolute atomic E-state index is 2.41. The molecule has 0 fully saturated rings. The van der Waals surface area contributed by atoms with Crippen LogP contribution in [0, 0.1) is 0 Å². The Bertz CT molecular complexity index is 178. The molecule has 0 amide bonds. The van der Waals surface area contributed by atoms with Crippen molar-refractivity contribution in [2.45, 2.75) is 85.6 Å². The molecule has 0 bridgehead atoms. The van der Waals surface area contributed by atoms with E-state index in [2.05, 4.69) is 41.5 Å². The summed E-state index contributed by atoms with van der Waals surface area (Å²) in [6.45, 7) is 18.2. The van der Waals surface area contributed by atoms with Gasteiger partial charge in [0.2, 0.25) is 0 Å². The summed E-state index contributed by atoms with van der Waals surface area (Å²) in [4.78, 5) is 0. The first-order valence-electron chi connectivity index (χ1n) is 7.98. The predicted octanol–water partition coefficient (Wildman–Crippen LogP) is 5.00. The van der Waals surface area contributed by atoms with Gasteiger partial charge in [-0.3, -0.25) is 0 Å². The van der Waals surface area contributed by atoms with Crippen molar-refractivity contribution in [2.75, 3.05) is 19.6 Å². The van der Waals surface area contributed by atoms with E-state index in [0.29, 0.717) is 5.54 Å². The molecular formula is C16H36N+. The van der Waals surface area contributed by atoms with Crippen molar-refractivity contribution in [3.63, 3.8) is 0 Å². The van der Waals surface area contributed by atoms with Gasteiger partial charge in [-0.2, -0.15) is 0 Å². The molecule has 0 rings (SSSR count). The minimum absolute atomic E-state index is 0.537. The van der Waals surface area contributed by atoms with Crippen molar-refractivity contribution in [3.05, 3.63) is 0 Å². The summed E-state index contributed by atoms with van der Waals surface area (Å²) in [6, 6.07) is 0. The summed E-state index contributed by atoms with van der Waals surface area (Å²) in [6.07, 6.45) is 8.14. The zero-order valence-electron chi connectivity index (χ0n) is 13.3. The van der Waals surface area contributed by atoms with Gasteiger partial charge in [0.15, 0.2) is 0 Å². The van der Waals surface area contributed by atoms with Gasteiger partial charge in [-0.25, -0.2) is 0 Å². The fraction of sp³-hybridized carbons (Fsp3) is 1.00. The molecule has 1 nitrogen and oxygen atoms in total. The van der Waals surface area contributed by atoms with Crippen LogP contribution in [0.5, 0.6) is 0 Å². The monoisotopic (exact) mass is 242 g/mol. The van der Waals surface area contributed by atoms with Crippen LogP contribution in [-0.2, 0) is 0 Å². The van der Waals surface area contributed by atoms with Crippen LogP contribution in [0.4, 0.5) is 0 Å². The molecular weight excluding hydrogens is 206 g/mol. The molecule has 0 aromatic rings. The SMILES string of the molecule is CCCCC(CC)(CC)[N+](CC)(CC)CCC. The van der Waals surface area contributed by atoms with Crippen LogP contribution in [0.3, 0.4) is 0 Å². The van der Waals surface area contributed by atoms with E-state index in [4.69, 9.17) is 0 Å². The van der Waals surface area contributed by atoms with Crippen molar-refractivity contribution in [1.82, 2.24) is 0 Å². The summed E-state index contributed by atoms with van der Waals surface area (Å²) >= 11 is 0. The first-order chi connectivity index (χ1) is 8.11. The first kappa shape index (κ1) is 17.0. The second kappa shape index (κ2) is 8.13. The summed E-state index contributed by atoms with van der Waals surface area (Å²) in [5.74, 6) is 0. The molecule has 0 heterocycles. The third kappa shape index (κ3) is 3.47. The van der Waals surface area contributed by atoms with Crippen molar-refractivity contribution >= 4 is 0 Å². The number of rotatable bonds is 10. The smallest absolute Gasteiger partial charge is 0.0986 e. The molecule has 0 aliphatic heterocycles. The lowest BCUT2D eigenvalue weighted by Crippen LogP contribution is -2.64. The van der Waals surface area contributed by atoms with Gasteiger partial charge in [-0.15, -0.1) is 0 Å². The van der Waals surface area contributed by atoms with Gasteiger partial charge >= 0.3 is 0 Å². The average molecular weight is 242 g/mol. The summed E-state index contributed by atoms with van der Waals surface area (Å²) in [5, 5.41) is 0. The molecule has 0 aliphatic carbocycles.